The lowest BCUT2D eigenvalue weighted by molar-refractivity contribution is 0.152. The number of rotatable bonds is 5. The molecule has 2 aliphatic rings. The van der Waals surface area contributed by atoms with Crippen molar-refractivity contribution in [1.82, 2.24) is 10.2 Å². The molecule has 3 rings (SSSR count). The van der Waals surface area contributed by atoms with Crippen LogP contribution in [0.4, 0.5) is 0 Å². The number of halogens is 1. The quantitative estimate of drug-likeness (QED) is 0.886. The highest BCUT2D eigenvalue weighted by Gasteiger charge is 2.34. The van der Waals surface area contributed by atoms with E-state index >= 15 is 0 Å². The highest BCUT2D eigenvalue weighted by atomic mass is 35.5. The van der Waals surface area contributed by atoms with Gasteiger partial charge in [0, 0.05) is 23.7 Å². The van der Waals surface area contributed by atoms with E-state index in [1.54, 1.807) is 0 Å². The van der Waals surface area contributed by atoms with Crippen LogP contribution in [0.1, 0.15) is 44.2 Å². The van der Waals surface area contributed by atoms with Gasteiger partial charge in [0.1, 0.15) is 0 Å². The van der Waals surface area contributed by atoms with Gasteiger partial charge in [-0.15, -0.1) is 0 Å². The zero-order chi connectivity index (χ0) is 13.9. The SMILES string of the molecule is CC(c1ccc(Cl)cc1)N(CC1CCNCC1)C1CC1. The molecule has 2 fully saturated rings. The largest absolute Gasteiger partial charge is 0.317 e. The molecular formula is C17H25ClN2. The molecule has 1 heterocycles. The first-order chi connectivity index (χ1) is 9.74. The van der Waals surface area contributed by atoms with Crippen molar-refractivity contribution in [2.75, 3.05) is 19.6 Å². The van der Waals surface area contributed by atoms with Gasteiger partial charge in [-0.05, 0) is 69.3 Å². The number of piperidine rings is 1. The first kappa shape index (κ1) is 14.4. The third-order valence-corrected chi connectivity index (χ3v) is 5.05. The van der Waals surface area contributed by atoms with Gasteiger partial charge in [0.15, 0.2) is 0 Å². The van der Waals surface area contributed by atoms with Gasteiger partial charge >= 0.3 is 0 Å². The van der Waals surface area contributed by atoms with Crippen LogP contribution in [0.5, 0.6) is 0 Å². The van der Waals surface area contributed by atoms with Crippen LogP contribution in [0.3, 0.4) is 0 Å². The molecule has 2 nitrogen and oxygen atoms in total. The lowest BCUT2D eigenvalue weighted by atomic mass is 9.96. The molecule has 1 N–H and O–H groups in total. The summed E-state index contributed by atoms with van der Waals surface area (Å²) in [5, 5.41) is 4.30. The Morgan fingerprint density at radius 3 is 2.40 bits per heavy atom. The van der Waals surface area contributed by atoms with Crippen LogP contribution in [0.25, 0.3) is 0 Å². The maximum absolute atomic E-state index is 6.01. The second-order valence-corrected chi connectivity index (χ2v) is 6.79. The molecule has 3 heteroatoms. The molecule has 0 amide bonds. The van der Waals surface area contributed by atoms with E-state index in [0.29, 0.717) is 6.04 Å². The number of benzene rings is 1. The standard InChI is InChI=1S/C17H25ClN2/c1-13(15-2-4-16(18)5-3-15)20(17-6-7-17)12-14-8-10-19-11-9-14/h2-5,13-14,17,19H,6-12H2,1H3. The maximum atomic E-state index is 6.01. The van der Waals surface area contributed by atoms with E-state index < -0.39 is 0 Å². The van der Waals surface area contributed by atoms with Gasteiger partial charge in [0.05, 0.1) is 0 Å². The Labute approximate surface area is 127 Å². The molecule has 0 bridgehead atoms. The molecule has 0 spiro atoms. The summed E-state index contributed by atoms with van der Waals surface area (Å²) < 4.78 is 0. The number of nitrogens with one attached hydrogen (secondary N) is 1. The summed E-state index contributed by atoms with van der Waals surface area (Å²) in [6, 6.07) is 9.73. The molecular weight excluding hydrogens is 268 g/mol. The van der Waals surface area contributed by atoms with Crippen molar-refractivity contribution in [1.29, 1.82) is 0 Å². The predicted octanol–water partition coefficient (Wildman–Crippen LogP) is 3.87. The minimum Gasteiger partial charge on any atom is -0.317 e. The molecule has 1 atom stereocenters. The topological polar surface area (TPSA) is 15.3 Å². The molecule has 1 saturated carbocycles. The van der Waals surface area contributed by atoms with Crippen molar-refractivity contribution in [3.63, 3.8) is 0 Å². The third kappa shape index (κ3) is 3.55. The van der Waals surface area contributed by atoms with Gasteiger partial charge in [-0.2, -0.15) is 0 Å². The van der Waals surface area contributed by atoms with Crippen molar-refractivity contribution in [2.24, 2.45) is 5.92 Å². The average molecular weight is 293 g/mol. The van der Waals surface area contributed by atoms with E-state index in [9.17, 15) is 0 Å². The number of hydrogen-bond donors (Lipinski definition) is 1. The Kier molecular flexibility index (Phi) is 4.65. The second-order valence-electron chi connectivity index (χ2n) is 6.35. The molecule has 110 valence electrons. The fraction of sp³-hybridized carbons (Fsp3) is 0.647. The van der Waals surface area contributed by atoms with E-state index in [1.165, 1.54) is 50.9 Å². The van der Waals surface area contributed by atoms with Gasteiger partial charge in [-0.3, -0.25) is 4.90 Å². The van der Waals surface area contributed by atoms with Crippen molar-refractivity contribution in [3.8, 4) is 0 Å². The smallest absolute Gasteiger partial charge is 0.0406 e. The minimum atomic E-state index is 0.509. The lowest BCUT2D eigenvalue weighted by Crippen LogP contribution is -2.38. The first-order valence-electron chi connectivity index (χ1n) is 7.96. The zero-order valence-corrected chi connectivity index (χ0v) is 13.1. The van der Waals surface area contributed by atoms with E-state index in [-0.39, 0.29) is 0 Å². The van der Waals surface area contributed by atoms with Crippen LogP contribution in [0.2, 0.25) is 5.02 Å². The van der Waals surface area contributed by atoms with Crippen LogP contribution in [-0.2, 0) is 0 Å². The average Bonchev–Trinajstić information content (AvgIpc) is 3.30. The number of nitrogens with zero attached hydrogens (tertiary/aromatic N) is 1. The Morgan fingerprint density at radius 1 is 1.15 bits per heavy atom. The molecule has 1 unspecified atom stereocenters. The zero-order valence-electron chi connectivity index (χ0n) is 12.3. The van der Waals surface area contributed by atoms with E-state index in [4.69, 9.17) is 11.6 Å². The molecule has 1 aromatic carbocycles. The summed E-state index contributed by atoms with van der Waals surface area (Å²) in [4.78, 5) is 2.74. The maximum Gasteiger partial charge on any atom is 0.0406 e. The summed E-state index contributed by atoms with van der Waals surface area (Å²) in [5.41, 5.74) is 1.40. The number of hydrogen-bond acceptors (Lipinski definition) is 2. The van der Waals surface area contributed by atoms with Gasteiger partial charge in [0.2, 0.25) is 0 Å². The Hall–Kier alpha value is -0.570. The summed E-state index contributed by atoms with van der Waals surface area (Å²) in [6.45, 7) is 6.00. The van der Waals surface area contributed by atoms with Gasteiger partial charge in [-0.1, -0.05) is 23.7 Å². The summed E-state index contributed by atoms with van der Waals surface area (Å²) >= 11 is 6.01. The van der Waals surface area contributed by atoms with Crippen molar-refractivity contribution < 1.29 is 0 Å². The minimum absolute atomic E-state index is 0.509. The van der Waals surface area contributed by atoms with Crippen molar-refractivity contribution in [2.45, 2.75) is 44.7 Å². The first-order valence-corrected chi connectivity index (χ1v) is 8.34. The molecule has 0 aromatic heterocycles. The van der Waals surface area contributed by atoms with Crippen LogP contribution in [0, 0.1) is 5.92 Å². The van der Waals surface area contributed by atoms with Crippen molar-refractivity contribution in [3.05, 3.63) is 34.9 Å². The van der Waals surface area contributed by atoms with Gasteiger partial charge in [-0.25, -0.2) is 0 Å². The highest BCUT2D eigenvalue weighted by molar-refractivity contribution is 6.30. The molecule has 1 aliphatic carbocycles. The van der Waals surface area contributed by atoms with Crippen LogP contribution < -0.4 is 5.32 Å². The molecule has 1 saturated heterocycles. The Morgan fingerprint density at radius 2 is 1.80 bits per heavy atom. The highest BCUT2D eigenvalue weighted by Crippen LogP contribution is 2.36. The fourth-order valence-corrected chi connectivity index (χ4v) is 3.45. The van der Waals surface area contributed by atoms with Crippen LogP contribution in [0.15, 0.2) is 24.3 Å². The fourth-order valence-electron chi connectivity index (χ4n) is 3.32. The molecule has 1 aromatic rings. The Bertz CT molecular complexity index is 421. The molecule has 1 aliphatic heterocycles. The summed E-state index contributed by atoms with van der Waals surface area (Å²) in [6.07, 6.45) is 5.42. The van der Waals surface area contributed by atoms with E-state index in [2.05, 4.69) is 29.3 Å². The third-order valence-electron chi connectivity index (χ3n) is 4.79. The second kappa shape index (κ2) is 6.46. The predicted molar refractivity (Wildman–Crippen MR) is 85.2 cm³/mol. The van der Waals surface area contributed by atoms with Crippen LogP contribution >= 0.6 is 11.6 Å². The normalized spacial score (nSPS) is 22.1. The van der Waals surface area contributed by atoms with E-state index in [1.807, 2.05) is 12.1 Å². The monoisotopic (exact) mass is 292 g/mol. The van der Waals surface area contributed by atoms with Gasteiger partial charge < -0.3 is 5.32 Å². The van der Waals surface area contributed by atoms with Crippen LogP contribution in [-0.4, -0.2) is 30.6 Å². The summed E-state index contributed by atoms with van der Waals surface area (Å²) in [5.74, 6) is 0.867. The van der Waals surface area contributed by atoms with Crippen molar-refractivity contribution >= 4 is 11.6 Å². The lowest BCUT2D eigenvalue weighted by Gasteiger charge is -2.34. The van der Waals surface area contributed by atoms with E-state index in [0.717, 1.165) is 17.0 Å². The molecule has 0 radical (unpaired) electrons. The van der Waals surface area contributed by atoms with Gasteiger partial charge in [0.25, 0.3) is 0 Å². The molecule has 20 heavy (non-hydrogen) atoms. The Balaban J connectivity index is 1.67. The summed E-state index contributed by atoms with van der Waals surface area (Å²) in [7, 11) is 0.